The zero-order chi connectivity index (χ0) is 22.2. The second-order valence-corrected chi connectivity index (χ2v) is 9.03. The summed E-state index contributed by atoms with van der Waals surface area (Å²) in [6.45, 7) is 2.25. The van der Waals surface area contributed by atoms with Crippen molar-refractivity contribution >= 4 is 35.0 Å². The predicted molar refractivity (Wildman–Crippen MR) is 127 cm³/mol. The minimum absolute atomic E-state index is 0.0638. The zero-order valence-electron chi connectivity index (χ0n) is 17.9. The third-order valence-electron chi connectivity index (χ3n) is 5.99. The Morgan fingerprint density at radius 1 is 1.00 bits per heavy atom. The van der Waals surface area contributed by atoms with Crippen LogP contribution in [0.15, 0.2) is 48.5 Å². The van der Waals surface area contributed by atoms with Crippen LogP contribution in [0.2, 0.25) is 10.0 Å². The third-order valence-corrected chi connectivity index (χ3v) is 6.70. The molecule has 1 aliphatic rings. The van der Waals surface area contributed by atoms with Crippen LogP contribution < -0.4 is 5.32 Å². The summed E-state index contributed by atoms with van der Waals surface area (Å²) in [5.41, 5.74) is 1.72. The first-order valence-electron chi connectivity index (χ1n) is 11.0. The van der Waals surface area contributed by atoms with Crippen molar-refractivity contribution in [1.82, 2.24) is 10.2 Å². The first-order chi connectivity index (χ1) is 15.0. The molecule has 2 amide bonds. The Bertz CT molecular complexity index is 862. The fourth-order valence-corrected chi connectivity index (χ4v) is 4.62. The average molecular weight is 461 g/mol. The lowest BCUT2D eigenvalue weighted by Gasteiger charge is -2.31. The Labute approximate surface area is 194 Å². The molecule has 166 valence electrons. The van der Waals surface area contributed by atoms with E-state index >= 15 is 0 Å². The maximum Gasteiger partial charge on any atom is 0.242 e. The second kappa shape index (κ2) is 11.5. The summed E-state index contributed by atoms with van der Waals surface area (Å²) in [4.78, 5) is 28.0. The lowest BCUT2D eigenvalue weighted by atomic mass is 9.95. The molecule has 6 heteroatoms. The highest BCUT2D eigenvalue weighted by atomic mass is 35.5. The summed E-state index contributed by atoms with van der Waals surface area (Å²) in [5.74, 6) is -0.254. The van der Waals surface area contributed by atoms with Gasteiger partial charge in [-0.2, -0.15) is 0 Å². The number of carbonyl (C=O) groups excluding carboxylic acids is 2. The fraction of sp³-hybridized carbons (Fsp3) is 0.440. The molecule has 0 aliphatic heterocycles. The smallest absolute Gasteiger partial charge is 0.242 e. The minimum Gasteiger partial charge on any atom is -0.352 e. The van der Waals surface area contributed by atoms with Crippen molar-refractivity contribution in [3.05, 3.63) is 69.7 Å². The van der Waals surface area contributed by atoms with Gasteiger partial charge in [0.1, 0.15) is 6.04 Å². The van der Waals surface area contributed by atoms with Crippen molar-refractivity contribution in [3.8, 4) is 0 Å². The number of nitrogens with zero attached hydrogens (tertiary/aromatic N) is 1. The van der Waals surface area contributed by atoms with E-state index < -0.39 is 6.04 Å². The number of halogens is 2. The number of rotatable bonds is 8. The molecule has 1 fully saturated rings. The van der Waals surface area contributed by atoms with E-state index in [1.165, 1.54) is 6.42 Å². The SMILES string of the molecule is CC(C(=O)NC1CCCCC1)N(CCc1ccccc1)C(=O)Cc1c(Cl)cccc1Cl. The quantitative estimate of drug-likeness (QED) is 0.569. The number of hydrogen-bond acceptors (Lipinski definition) is 2. The molecule has 0 bridgehead atoms. The van der Waals surface area contributed by atoms with Gasteiger partial charge in [-0.15, -0.1) is 0 Å². The largest absolute Gasteiger partial charge is 0.352 e. The van der Waals surface area contributed by atoms with Crippen molar-refractivity contribution in [2.24, 2.45) is 0 Å². The molecule has 0 heterocycles. The van der Waals surface area contributed by atoms with Crippen LogP contribution in [0.4, 0.5) is 0 Å². The van der Waals surface area contributed by atoms with Crippen molar-refractivity contribution in [2.45, 2.75) is 64.0 Å². The van der Waals surface area contributed by atoms with E-state index in [2.05, 4.69) is 5.32 Å². The summed E-state index contributed by atoms with van der Waals surface area (Å²) >= 11 is 12.6. The molecule has 0 saturated heterocycles. The van der Waals surface area contributed by atoms with E-state index in [1.54, 1.807) is 30.0 Å². The molecule has 1 saturated carbocycles. The van der Waals surface area contributed by atoms with E-state index in [0.717, 1.165) is 31.2 Å². The maximum absolute atomic E-state index is 13.3. The highest BCUT2D eigenvalue weighted by Gasteiger charge is 2.28. The Morgan fingerprint density at radius 2 is 1.65 bits per heavy atom. The van der Waals surface area contributed by atoms with Gasteiger partial charge in [0.2, 0.25) is 11.8 Å². The zero-order valence-corrected chi connectivity index (χ0v) is 19.5. The van der Waals surface area contributed by atoms with E-state index in [-0.39, 0.29) is 24.3 Å². The molecule has 1 N–H and O–H groups in total. The molecule has 4 nitrogen and oxygen atoms in total. The van der Waals surface area contributed by atoms with Gasteiger partial charge in [0.15, 0.2) is 0 Å². The van der Waals surface area contributed by atoms with E-state index in [9.17, 15) is 9.59 Å². The molecule has 2 aromatic carbocycles. The summed E-state index contributed by atoms with van der Waals surface area (Å²) in [6, 6.07) is 14.8. The Balaban J connectivity index is 1.74. The molecule has 3 rings (SSSR count). The van der Waals surface area contributed by atoms with Crippen LogP contribution in [0, 0.1) is 0 Å². The predicted octanol–water partition coefficient (Wildman–Crippen LogP) is 5.44. The summed E-state index contributed by atoms with van der Waals surface area (Å²) < 4.78 is 0. The molecule has 31 heavy (non-hydrogen) atoms. The Kier molecular flexibility index (Phi) is 8.79. The molecule has 0 radical (unpaired) electrons. The summed E-state index contributed by atoms with van der Waals surface area (Å²) in [6.07, 6.45) is 6.25. The third kappa shape index (κ3) is 6.72. The first kappa shape index (κ1) is 23.6. The average Bonchev–Trinajstić information content (AvgIpc) is 2.77. The first-order valence-corrected chi connectivity index (χ1v) is 11.8. The van der Waals surface area contributed by atoms with Gasteiger partial charge in [-0.3, -0.25) is 9.59 Å². The van der Waals surface area contributed by atoms with Crippen molar-refractivity contribution in [3.63, 3.8) is 0 Å². The minimum atomic E-state index is -0.570. The van der Waals surface area contributed by atoms with E-state index in [4.69, 9.17) is 23.2 Å². The van der Waals surface area contributed by atoms with Crippen molar-refractivity contribution in [1.29, 1.82) is 0 Å². The van der Waals surface area contributed by atoms with Gasteiger partial charge < -0.3 is 10.2 Å². The standard InChI is InChI=1S/C25H30Cl2N2O2/c1-18(25(31)28-20-11-6-3-7-12-20)29(16-15-19-9-4-2-5-10-19)24(30)17-21-22(26)13-8-14-23(21)27/h2,4-5,8-10,13-14,18,20H,3,6-7,11-12,15-17H2,1H3,(H,28,31). The van der Waals surface area contributed by atoms with Gasteiger partial charge in [-0.1, -0.05) is 78.9 Å². The van der Waals surface area contributed by atoms with Crippen LogP contribution in [-0.2, 0) is 22.4 Å². The van der Waals surface area contributed by atoms with Crippen LogP contribution in [0.1, 0.15) is 50.2 Å². The highest BCUT2D eigenvalue weighted by molar-refractivity contribution is 6.36. The summed E-state index contributed by atoms with van der Waals surface area (Å²) in [7, 11) is 0. The molecule has 1 unspecified atom stereocenters. The molecule has 1 aliphatic carbocycles. The monoisotopic (exact) mass is 460 g/mol. The van der Waals surface area contributed by atoms with E-state index in [1.807, 2.05) is 30.3 Å². The molecule has 0 spiro atoms. The van der Waals surface area contributed by atoms with Crippen molar-refractivity contribution in [2.75, 3.05) is 6.54 Å². The Hall–Kier alpha value is -2.04. The lowest BCUT2D eigenvalue weighted by Crippen LogP contribution is -2.51. The van der Waals surface area contributed by atoms with Gasteiger partial charge in [0.25, 0.3) is 0 Å². The van der Waals surface area contributed by atoms with Crippen LogP contribution in [-0.4, -0.2) is 35.3 Å². The van der Waals surface area contributed by atoms with Gasteiger partial charge in [-0.25, -0.2) is 0 Å². The number of benzene rings is 2. The molecular weight excluding hydrogens is 431 g/mol. The van der Waals surface area contributed by atoms with Gasteiger partial charge in [0, 0.05) is 22.6 Å². The number of amides is 2. The number of nitrogens with one attached hydrogen (secondary N) is 1. The molecular formula is C25H30Cl2N2O2. The number of carbonyl (C=O) groups is 2. The summed E-state index contributed by atoms with van der Waals surface area (Å²) in [5, 5.41) is 4.08. The topological polar surface area (TPSA) is 49.4 Å². The van der Waals surface area contributed by atoms with Crippen LogP contribution in [0.3, 0.4) is 0 Å². The van der Waals surface area contributed by atoms with Gasteiger partial charge >= 0.3 is 0 Å². The second-order valence-electron chi connectivity index (χ2n) is 8.22. The lowest BCUT2D eigenvalue weighted by molar-refractivity contribution is -0.139. The van der Waals surface area contributed by atoms with Gasteiger partial charge in [-0.05, 0) is 49.4 Å². The van der Waals surface area contributed by atoms with Crippen LogP contribution >= 0.6 is 23.2 Å². The molecule has 1 atom stereocenters. The molecule has 2 aromatic rings. The van der Waals surface area contributed by atoms with Gasteiger partial charge in [0.05, 0.1) is 6.42 Å². The maximum atomic E-state index is 13.3. The van der Waals surface area contributed by atoms with Crippen molar-refractivity contribution < 1.29 is 9.59 Å². The molecule has 0 aromatic heterocycles. The highest BCUT2D eigenvalue weighted by Crippen LogP contribution is 2.25. The normalized spacial score (nSPS) is 15.3. The van der Waals surface area contributed by atoms with E-state index in [0.29, 0.717) is 28.6 Å². The Morgan fingerprint density at radius 3 is 2.29 bits per heavy atom. The fourth-order valence-electron chi connectivity index (χ4n) is 4.09. The van der Waals surface area contributed by atoms with Crippen LogP contribution in [0.25, 0.3) is 0 Å². The van der Waals surface area contributed by atoms with Crippen LogP contribution in [0.5, 0.6) is 0 Å². The number of hydrogen-bond donors (Lipinski definition) is 1.